The molecule has 0 aliphatic carbocycles. The summed E-state index contributed by atoms with van der Waals surface area (Å²) in [5.41, 5.74) is 4.72. The third-order valence-corrected chi connectivity index (χ3v) is 7.86. The van der Waals surface area contributed by atoms with Crippen LogP contribution in [0.5, 0.6) is 0 Å². The first-order valence-electron chi connectivity index (χ1n) is 11.0. The maximum atomic E-state index is 13.5. The number of pyridine rings is 1. The van der Waals surface area contributed by atoms with Gasteiger partial charge in [0.05, 0.1) is 24.6 Å². The Kier molecular flexibility index (Phi) is 5.92. The smallest absolute Gasteiger partial charge is 0.387 e. The van der Waals surface area contributed by atoms with Crippen molar-refractivity contribution in [2.75, 3.05) is 12.3 Å². The van der Waals surface area contributed by atoms with E-state index in [0.29, 0.717) is 17.6 Å². The summed E-state index contributed by atoms with van der Waals surface area (Å²) in [6.45, 7) is 4.63. The zero-order valence-electron chi connectivity index (χ0n) is 19.4. The number of phosphoric ester groups is 1. The standard InChI is InChI=1S/C21H27N6O7P/c1-20(2)8-13(12-4-6-23-7-5-12)33-35(30,34-20)31-9-14-16(28)21(3,29)19(32-14)27-11-26-15-17(22)24-10-25-18(15)27/h4-7,10-11,13-14,16,19,28-29H,8-9H2,1-3H3,(H2,22,24,25)/t13-,14+,16+,19+,21+,35+/m0/s1. The molecule has 5 heterocycles. The number of nitrogen functional groups attached to an aromatic ring is 1. The van der Waals surface area contributed by atoms with Crippen molar-refractivity contribution in [1.82, 2.24) is 24.5 Å². The Balaban J connectivity index is 1.34. The van der Waals surface area contributed by atoms with Gasteiger partial charge in [-0.1, -0.05) is 0 Å². The topological polar surface area (TPSA) is 177 Å². The number of aliphatic hydroxyl groups is 2. The maximum Gasteiger partial charge on any atom is 0.476 e. The van der Waals surface area contributed by atoms with Crippen LogP contribution in [0.2, 0.25) is 0 Å². The van der Waals surface area contributed by atoms with Crippen LogP contribution in [-0.4, -0.2) is 64.7 Å². The molecular formula is C21H27N6O7P. The molecule has 0 radical (unpaired) electrons. The maximum absolute atomic E-state index is 13.5. The molecule has 0 spiro atoms. The summed E-state index contributed by atoms with van der Waals surface area (Å²) in [6, 6.07) is 3.54. The van der Waals surface area contributed by atoms with Gasteiger partial charge in [-0.25, -0.2) is 19.5 Å². The van der Waals surface area contributed by atoms with Gasteiger partial charge in [0.15, 0.2) is 17.7 Å². The average Bonchev–Trinajstić information content (AvgIpc) is 3.31. The molecule has 35 heavy (non-hydrogen) atoms. The van der Waals surface area contributed by atoms with Gasteiger partial charge in [-0.3, -0.25) is 23.1 Å². The minimum atomic E-state index is -4.05. The molecule has 14 heteroatoms. The highest BCUT2D eigenvalue weighted by Gasteiger charge is 2.55. The fraction of sp³-hybridized carbons (Fsp3) is 0.524. The Morgan fingerprint density at radius 2 is 2.00 bits per heavy atom. The van der Waals surface area contributed by atoms with Gasteiger partial charge < -0.3 is 20.7 Å². The van der Waals surface area contributed by atoms with Gasteiger partial charge in [-0.2, -0.15) is 0 Å². The van der Waals surface area contributed by atoms with Crippen LogP contribution in [0.25, 0.3) is 11.2 Å². The molecule has 6 atom stereocenters. The molecule has 3 aromatic rings. The summed E-state index contributed by atoms with van der Waals surface area (Å²) in [4.78, 5) is 16.2. The molecule has 188 valence electrons. The van der Waals surface area contributed by atoms with Crippen molar-refractivity contribution in [3.8, 4) is 0 Å². The van der Waals surface area contributed by atoms with Crippen LogP contribution < -0.4 is 5.73 Å². The minimum Gasteiger partial charge on any atom is -0.387 e. The molecule has 2 saturated heterocycles. The van der Waals surface area contributed by atoms with Crippen molar-refractivity contribution in [3.05, 3.63) is 42.7 Å². The number of imidazole rings is 1. The van der Waals surface area contributed by atoms with E-state index in [2.05, 4.69) is 19.9 Å². The highest BCUT2D eigenvalue weighted by atomic mass is 31.2. The lowest BCUT2D eigenvalue weighted by molar-refractivity contribution is -0.0967. The van der Waals surface area contributed by atoms with E-state index in [1.54, 1.807) is 38.4 Å². The van der Waals surface area contributed by atoms with Crippen molar-refractivity contribution in [2.24, 2.45) is 0 Å². The molecule has 0 saturated carbocycles. The summed E-state index contributed by atoms with van der Waals surface area (Å²) in [6.07, 6.45) is 2.26. The summed E-state index contributed by atoms with van der Waals surface area (Å²) >= 11 is 0. The summed E-state index contributed by atoms with van der Waals surface area (Å²) in [5.74, 6) is 0.169. The molecule has 13 nitrogen and oxygen atoms in total. The zero-order chi connectivity index (χ0) is 25.0. The third-order valence-electron chi connectivity index (χ3n) is 6.16. The Bertz CT molecular complexity index is 1270. The number of aliphatic hydroxyl groups excluding tert-OH is 1. The number of nitrogens with zero attached hydrogens (tertiary/aromatic N) is 5. The second-order valence-electron chi connectivity index (χ2n) is 9.45. The molecule has 4 N–H and O–H groups in total. The zero-order valence-corrected chi connectivity index (χ0v) is 20.3. The first-order valence-corrected chi connectivity index (χ1v) is 12.5. The normalized spacial score (nSPS) is 34.9. The summed E-state index contributed by atoms with van der Waals surface area (Å²) in [5, 5.41) is 21.9. The molecule has 2 aliphatic heterocycles. The number of hydrogen-bond acceptors (Lipinski definition) is 12. The number of anilines is 1. The van der Waals surface area contributed by atoms with E-state index in [9.17, 15) is 14.8 Å². The SMILES string of the molecule is CC1(C)C[C@@H](c2ccncc2)O[P@@](=O)(OC[C@H]2O[C@@H](n3cnc4c(N)ncnc43)[C@](C)(O)[C@@H]2O)O1. The largest absolute Gasteiger partial charge is 0.476 e. The molecule has 0 bridgehead atoms. The number of nitrogens with two attached hydrogens (primary N) is 1. The predicted molar refractivity (Wildman–Crippen MR) is 122 cm³/mol. The van der Waals surface area contributed by atoms with E-state index in [-0.39, 0.29) is 12.4 Å². The molecular weight excluding hydrogens is 479 g/mol. The van der Waals surface area contributed by atoms with E-state index in [0.717, 1.165) is 5.56 Å². The van der Waals surface area contributed by atoms with Crippen LogP contribution in [0.4, 0.5) is 5.82 Å². The Morgan fingerprint density at radius 1 is 1.26 bits per heavy atom. The molecule has 2 aliphatic rings. The van der Waals surface area contributed by atoms with Gasteiger partial charge >= 0.3 is 7.82 Å². The lowest BCUT2D eigenvalue weighted by atomic mass is 9.96. The van der Waals surface area contributed by atoms with E-state index in [1.165, 1.54) is 24.1 Å². The highest BCUT2D eigenvalue weighted by molar-refractivity contribution is 7.48. The molecule has 0 unspecified atom stereocenters. The first-order chi connectivity index (χ1) is 16.5. The number of rotatable bonds is 5. The van der Waals surface area contributed by atoms with E-state index < -0.39 is 43.6 Å². The van der Waals surface area contributed by atoms with Gasteiger partial charge in [0.2, 0.25) is 0 Å². The van der Waals surface area contributed by atoms with Crippen molar-refractivity contribution in [3.63, 3.8) is 0 Å². The van der Waals surface area contributed by atoms with Gasteiger partial charge in [0.25, 0.3) is 0 Å². The van der Waals surface area contributed by atoms with Gasteiger partial charge in [-0.15, -0.1) is 0 Å². The third kappa shape index (κ3) is 4.45. The number of ether oxygens (including phenoxy) is 1. The Labute approximate surface area is 200 Å². The van der Waals surface area contributed by atoms with Gasteiger partial charge in [0.1, 0.15) is 29.7 Å². The van der Waals surface area contributed by atoms with E-state index in [4.69, 9.17) is 24.0 Å². The fourth-order valence-corrected chi connectivity index (χ4v) is 6.07. The Morgan fingerprint density at radius 3 is 2.74 bits per heavy atom. The number of aromatic nitrogens is 5. The summed E-state index contributed by atoms with van der Waals surface area (Å²) < 4.78 is 37.9. The molecule has 5 rings (SSSR count). The predicted octanol–water partition coefficient (Wildman–Crippen LogP) is 1.89. The second-order valence-corrected chi connectivity index (χ2v) is 11.0. The van der Waals surface area contributed by atoms with Crippen molar-refractivity contribution in [1.29, 1.82) is 0 Å². The van der Waals surface area contributed by atoms with Crippen LogP contribution in [0.15, 0.2) is 37.2 Å². The first kappa shape index (κ1) is 24.2. The van der Waals surface area contributed by atoms with Crippen LogP contribution in [0.1, 0.15) is 45.1 Å². The molecule has 2 fully saturated rings. The van der Waals surface area contributed by atoms with Crippen LogP contribution in [0, 0.1) is 0 Å². The van der Waals surface area contributed by atoms with Crippen molar-refractivity contribution in [2.45, 2.75) is 62.9 Å². The number of phosphoric acid groups is 1. The van der Waals surface area contributed by atoms with Crippen LogP contribution in [-0.2, 0) is 22.9 Å². The van der Waals surface area contributed by atoms with Crippen molar-refractivity contribution >= 4 is 24.8 Å². The fourth-order valence-electron chi connectivity index (χ4n) is 4.40. The summed E-state index contributed by atoms with van der Waals surface area (Å²) in [7, 11) is -4.05. The highest BCUT2D eigenvalue weighted by Crippen LogP contribution is 2.61. The number of fused-ring (bicyclic) bond motifs is 1. The molecule has 0 aromatic carbocycles. The molecule has 3 aromatic heterocycles. The van der Waals surface area contributed by atoms with Crippen molar-refractivity contribution < 1.29 is 33.1 Å². The van der Waals surface area contributed by atoms with Crippen LogP contribution in [0.3, 0.4) is 0 Å². The lowest BCUT2D eigenvalue weighted by Crippen LogP contribution is -2.44. The van der Waals surface area contributed by atoms with Gasteiger partial charge in [-0.05, 0) is 38.5 Å². The molecule has 0 amide bonds. The van der Waals surface area contributed by atoms with E-state index in [1.807, 2.05) is 0 Å². The average molecular weight is 506 g/mol. The second kappa shape index (κ2) is 8.56. The minimum absolute atomic E-state index is 0.169. The number of hydrogen-bond donors (Lipinski definition) is 3. The van der Waals surface area contributed by atoms with Crippen LogP contribution >= 0.6 is 7.82 Å². The quantitative estimate of drug-likeness (QED) is 0.429. The van der Waals surface area contributed by atoms with Gasteiger partial charge in [0, 0.05) is 18.8 Å². The lowest BCUT2D eigenvalue weighted by Gasteiger charge is -2.39. The Hall–Kier alpha value is -2.51. The monoisotopic (exact) mass is 506 g/mol. The van der Waals surface area contributed by atoms with E-state index >= 15 is 0 Å².